The van der Waals surface area contributed by atoms with Crippen molar-refractivity contribution in [2.45, 2.75) is 62.7 Å². The molecule has 2 aromatic carbocycles. The molecule has 1 aliphatic rings. The Kier molecular flexibility index (Phi) is 9.38. The number of benzene rings is 2. The van der Waals surface area contributed by atoms with Crippen LogP contribution in [0.5, 0.6) is 0 Å². The van der Waals surface area contributed by atoms with E-state index in [0.717, 1.165) is 11.1 Å². The van der Waals surface area contributed by atoms with Crippen molar-refractivity contribution < 1.29 is 28.0 Å². The maximum atomic E-state index is 12.6. The molecule has 1 amide bonds. The Morgan fingerprint density at radius 1 is 1.24 bits per heavy atom. The lowest BCUT2D eigenvalue weighted by atomic mass is 9.98. The van der Waals surface area contributed by atoms with Crippen molar-refractivity contribution in [3.8, 4) is 0 Å². The van der Waals surface area contributed by atoms with Crippen LogP contribution in [0.25, 0.3) is 0 Å². The second-order valence-electron chi connectivity index (χ2n) is 9.21. The van der Waals surface area contributed by atoms with Crippen LogP contribution in [0.4, 0.5) is 0 Å². The van der Waals surface area contributed by atoms with E-state index in [1.165, 1.54) is 12.1 Å². The van der Waals surface area contributed by atoms with Gasteiger partial charge < -0.3 is 16.3 Å². The number of nitrogens with two attached hydrogens (primary N) is 1. The molecule has 0 bridgehead atoms. The summed E-state index contributed by atoms with van der Waals surface area (Å²) in [6, 6.07) is 12.3. The van der Waals surface area contributed by atoms with Crippen molar-refractivity contribution >= 4 is 28.1 Å². The third kappa shape index (κ3) is 7.59. The first-order chi connectivity index (χ1) is 17.5. The summed E-state index contributed by atoms with van der Waals surface area (Å²) < 4.78 is 27.4. The van der Waals surface area contributed by atoms with Gasteiger partial charge in [0.2, 0.25) is 15.9 Å². The first-order valence-corrected chi connectivity index (χ1v) is 13.3. The van der Waals surface area contributed by atoms with Crippen molar-refractivity contribution in [2.24, 2.45) is 10.9 Å². The van der Waals surface area contributed by atoms with Crippen molar-refractivity contribution in [3.05, 3.63) is 65.2 Å². The predicted molar refractivity (Wildman–Crippen MR) is 138 cm³/mol. The number of carboxylic acids is 1. The Labute approximate surface area is 216 Å². The van der Waals surface area contributed by atoms with Gasteiger partial charge in [-0.1, -0.05) is 36.4 Å². The first kappa shape index (κ1) is 28.3. The Bertz CT molecular complexity index is 1230. The Hall–Kier alpha value is -3.32. The highest BCUT2D eigenvalue weighted by Gasteiger charge is 2.37. The van der Waals surface area contributed by atoms with E-state index >= 15 is 0 Å². The summed E-state index contributed by atoms with van der Waals surface area (Å²) in [7, 11) is -4.09. The zero-order valence-electron chi connectivity index (χ0n) is 21.0. The third-order valence-electron chi connectivity index (χ3n) is 5.93. The van der Waals surface area contributed by atoms with Crippen LogP contribution in [0.1, 0.15) is 49.4 Å². The third-order valence-corrected chi connectivity index (χ3v) is 7.40. The summed E-state index contributed by atoms with van der Waals surface area (Å²) in [5.74, 6) is 3.37. The molecule has 0 unspecified atom stereocenters. The van der Waals surface area contributed by atoms with Crippen LogP contribution < -0.4 is 15.9 Å². The topological polar surface area (TPSA) is 163 Å². The lowest BCUT2D eigenvalue weighted by molar-refractivity contribution is -0.185. The summed E-state index contributed by atoms with van der Waals surface area (Å²) in [5.41, 5.74) is 2.60. The Morgan fingerprint density at radius 3 is 2.54 bits per heavy atom. The average Bonchev–Trinajstić information content (AvgIpc) is 3.26. The van der Waals surface area contributed by atoms with E-state index in [9.17, 15) is 23.1 Å². The van der Waals surface area contributed by atoms with Crippen LogP contribution >= 0.6 is 0 Å². The highest BCUT2D eigenvalue weighted by atomic mass is 32.2. The van der Waals surface area contributed by atoms with Crippen LogP contribution in [0.3, 0.4) is 0 Å². The number of hydrogen-bond acceptors (Lipinski definition) is 8. The number of hydrazone groups is 1. The second-order valence-corrected chi connectivity index (χ2v) is 10.9. The van der Waals surface area contributed by atoms with Crippen LogP contribution in [-0.2, 0) is 24.4 Å². The van der Waals surface area contributed by atoms with Gasteiger partial charge >= 0.3 is 5.97 Å². The molecule has 1 aliphatic heterocycles. The van der Waals surface area contributed by atoms with E-state index in [1.807, 2.05) is 43.2 Å². The van der Waals surface area contributed by atoms with E-state index < -0.39 is 40.6 Å². The fraction of sp³-hybridized carbons (Fsp3) is 0.400. The van der Waals surface area contributed by atoms with E-state index in [1.54, 1.807) is 25.3 Å². The Balaban J connectivity index is 1.60. The standard InChI is InChI=1S/C25H33N5O6S/c1-16(2)30-23(19-9-7-18(8-10-19)14-28-26)12-20(36-30)13-24(31)27-15-22(25(32)33)29-37(34,35)21-6-4-5-17(3)11-21/h4-11,14,16,20,22-23,29H,12-13,15,26H2,1-3H3,(H,27,31)(H,32,33)/t20-,22-,23+/m0/s1. The number of nitrogens with zero attached hydrogens (tertiary/aromatic N) is 2. The lowest BCUT2D eigenvalue weighted by Gasteiger charge is -2.26. The van der Waals surface area contributed by atoms with Gasteiger partial charge in [-0.3, -0.25) is 14.4 Å². The molecule has 1 heterocycles. The fourth-order valence-corrected chi connectivity index (χ4v) is 5.42. The largest absolute Gasteiger partial charge is 0.480 e. The fourth-order valence-electron chi connectivity index (χ4n) is 4.13. The molecule has 200 valence electrons. The molecule has 0 radical (unpaired) electrons. The number of nitrogens with one attached hydrogen (secondary N) is 2. The number of aryl methyl sites for hydroxylation is 1. The monoisotopic (exact) mass is 531 g/mol. The van der Waals surface area contributed by atoms with E-state index in [-0.39, 0.29) is 23.4 Å². The minimum absolute atomic E-state index is 0.00535. The number of sulfonamides is 1. The second kappa shape index (κ2) is 12.3. The normalized spacial score (nSPS) is 19.4. The highest BCUT2D eigenvalue weighted by Crippen LogP contribution is 2.36. The number of carbonyl (C=O) groups excluding carboxylic acids is 1. The molecule has 11 nitrogen and oxygen atoms in total. The van der Waals surface area contributed by atoms with Crippen molar-refractivity contribution in [1.29, 1.82) is 0 Å². The number of carboxylic acid groups (broad SMARTS) is 1. The number of aliphatic carboxylic acids is 1. The molecule has 3 rings (SSSR count). The number of hydrogen-bond donors (Lipinski definition) is 4. The first-order valence-electron chi connectivity index (χ1n) is 11.9. The molecule has 1 saturated heterocycles. The minimum Gasteiger partial charge on any atom is -0.480 e. The van der Waals surface area contributed by atoms with Crippen molar-refractivity contribution in [3.63, 3.8) is 0 Å². The quantitative estimate of drug-likeness (QED) is 0.193. The molecule has 0 aromatic heterocycles. The number of hydroxylamine groups is 2. The van der Waals surface area contributed by atoms with Crippen LogP contribution in [0.2, 0.25) is 0 Å². The summed E-state index contributed by atoms with van der Waals surface area (Å²) in [6.07, 6.45) is 1.67. The number of rotatable bonds is 11. The number of carbonyl (C=O) groups is 2. The molecule has 37 heavy (non-hydrogen) atoms. The van der Waals surface area contributed by atoms with E-state index in [4.69, 9.17) is 10.7 Å². The van der Waals surface area contributed by atoms with Crippen LogP contribution in [-0.4, -0.2) is 61.4 Å². The molecule has 0 saturated carbocycles. The smallest absolute Gasteiger partial charge is 0.323 e. The van der Waals surface area contributed by atoms with Crippen LogP contribution in [0.15, 0.2) is 58.5 Å². The van der Waals surface area contributed by atoms with Crippen molar-refractivity contribution in [2.75, 3.05) is 6.54 Å². The molecular weight excluding hydrogens is 498 g/mol. The molecule has 0 spiro atoms. The average molecular weight is 532 g/mol. The molecule has 2 aromatic rings. The lowest BCUT2D eigenvalue weighted by Crippen LogP contribution is -2.48. The molecule has 12 heteroatoms. The maximum Gasteiger partial charge on any atom is 0.323 e. The predicted octanol–water partition coefficient (Wildman–Crippen LogP) is 1.68. The van der Waals surface area contributed by atoms with Crippen molar-refractivity contribution in [1.82, 2.24) is 15.1 Å². The van der Waals surface area contributed by atoms with Gasteiger partial charge in [0.1, 0.15) is 6.04 Å². The SMILES string of the molecule is Cc1cccc(S(=O)(=O)N[C@@H](CNC(=O)C[C@@H]2C[C@H](c3ccc(C=NN)cc3)N(C(C)C)O2)C(=O)O)c1. The molecule has 0 aliphatic carbocycles. The Morgan fingerprint density at radius 2 is 1.95 bits per heavy atom. The van der Waals surface area contributed by atoms with E-state index in [0.29, 0.717) is 12.0 Å². The highest BCUT2D eigenvalue weighted by molar-refractivity contribution is 7.89. The zero-order valence-corrected chi connectivity index (χ0v) is 21.8. The van der Waals surface area contributed by atoms with Gasteiger partial charge in [0.25, 0.3) is 0 Å². The van der Waals surface area contributed by atoms with Gasteiger partial charge in [0, 0.05) is 12.6 Å². The van der Waals surface area contributed by atoms with Gasteiger partial charge in [-0.05, 0) is 56.0 Å². The summed E-state index contributed by atoms with van der Waals surface area (Å²) in [5, 5.41) is 17.4. The van der Waals surface area contributed by atoms with Gasteiger partial charge in [0.15, 0.2) is 0 Å². The molecule has 3 atom stereocenters. The van der Waals surface area contributed by atoms with Gasteiger partial charge in [-0.25, -0.2) is 8.42 Å². The van der Waals surface area contributed by atoms with Gasteiger partial charge in [0.05, 0.1) is 29.7 Å². The zero-order chi connectivity index (χ0) is 27.2. The molecule has 5 N–H and O–H groups in total. The summed E-state index contributed by atoms with van der Waals surface area (Å²) in [6.45, 7) is 5.30. The van der Waals surface area contributed by atoms with Crippen LogP contribution in [0, 0.1) is 6.92 Å². The minimum atomic E-state index is -4.09. The van der Waals surface area contributed by atoms with E-state index in [2.05, 4.69) is 15.1 Å². The molecular formula is C25H33N5O6S. The molecule has 1 fully saturated rings. The summed E-state index contributed by atoms with van der Waals surface area (Å²) >= 11 is 0. The summed E-state index contributed by atoms with van der Waals surface area (Å²) in [4.78, 5) is 30.3. The maximum absolute atomic E-state index is 12.6. The number of amides is 1. The van der Waals surface area contributed by atoms with Gasteiger partial charge in [-0.2, -0.15) is 14.9 Å². The van der Waals surface area contributed by atoms with Gasteiger partial charge in [-0.15, -0.1) is 0 Å².